The van der Waals surface area contributed by atoms with Gasteiger partial charge in [0, 0.05) is 11.3 Å². The van der Waals surface area contributed by atoms with E-state index in [9.17, 15) is 10.2 Å². The molecule has 2 N–H and O–H groups in total. The number of alkyl halides is 1. The Balaban J connectivity index is 1.56. The molecule has 0 amide bonds. The number of fused-ring (bicyclic) bond motifs is 4. The smallest absolute Gasteiger partial charge is 0.109 e. The molecule has 1 heterocycles. The largest absolute Gasteiger partial charge is 0.394 e. The zero-order chi connectivity index (χ0) is 19.4. The summed E-state index contributed by atoms with van der Waals surface area (Å²) in [5.41, 5.74) is 1.06. The van der Waals surface area contributed by atoms with Gasteiger partial charge in [-0.2, -0.15) is 0 Å². The molecule has 0 radical (unpaired) electrons. The van der Waals surface area contributed by atoms with Gasteiger partial charge < -0.3 is 14.9 Å². The lowest BCUT2D eigenvalue weighted by molar-refractivity contribution is -0.118. The van der Waals surface area contributed by atoms with Crippen molar-refractivity contribution in [1.82, 2.24) is 0 Å². The summed E-state index contributed by atoms with van der Waals surface area (Å²) >= 11 is 0. The molecule has 0 bridgehead atoms. The minimum atomic E-state index is -1.04. The van der Waals surface area contributed by atoms with Crippen molar-refractivity contribution in [3.05, 3.63) is 12.2 Å². The maximum absolute atomic E-state index is 15.1. The van der Waals surface area contributed by atoms with Gasteiger partial charge in [0.2, 0.25) is 0 Å². The number of halogens is 1. The van der Waals surface area contributed by atoms with Gasteiger partial charge >= 0.3 is 0 Å². The van der Waals surface area contributed by atoms with Crippen LogP contribution in [-0.4, -0.2) is 40.8 Å². The van der Waals surface area contributed by atoms with Gasteiger partial charge in [0.25, 0.3) is 0 Å². The van der Waals surface area contributed by atoms with Crippen LogP contribution in [0.5, 0.6) is 0 Å². The van der Waals surface area contributed by atoms with Crippen molar-refractivity contribution in [3.63, 3.8) is 0 Å². The van der Waals surface area contributed by atoms with Crippen LogP contribution in [0.15, 0.2) is 12.2 Å². The predicted molar refractivity (Wildman–Crippen MR) is 102 cm³/mol. The molecule has 6 unspecified atom stereocenters. The zero-order valence-electron chi connectivity index (χ0n) is 17.0. The van der Waals surface area contributed by atoms with E-state index in [0.29, 0.717) is 18.3 Å². The molecule has 1 aliphatic heterocycles. The summed E-state index contributed by atoms with van der Waals surface area (Å²) in [7, 11) is 0. The lowest BCUT2D eigenvalue weighted by Crippen LogP contribution is -2.60. The summed E-state index contributed by atoms with van der Waals surface area (Å²) in [5.74, 6) is 1.11. The topological polar surface area (TPSA) is 53.0 Å². The standard InChI is InChI=1S/C23H35FO3/c1-12-6-5-8-23-20(27-23)13(2)18-14(22(12,23)4)7-9-21(3)15(18)10-16(24)19(21)17(26)11-25/h12,14-20,25-26H,2,5-11H2,1,3-4H3/t12?,14-,15+,16?,17?,18-,19?,20?,21+,22-,23?/m1/s1. The number of epoxide rings is 1. The van der Waals surface area contributed by atoms with E-state index < -0.39 is 18.2 Å². The van der Waals surface area contributed by atoms with E-state index in [1.165, 1.54) is 18.4 Å². The average Bonchev–Trinajstić information content (AvgIpc) is 3.29. The summed E-state index contributed by atoms with van der Waals surface area (Å²) in [4.78, 5) is 0. The van der Waals surface area contributed by atoms with Crippen molar-refractivity contribution >= 4 is 0 Å². The highest BCUT2D eigenvalue weighted by Crippen LogP contribution is 2.76. The number of aliphatic hydroxyl groups excluding tert-OH is 2. The summed E-state index contributed by atoms with van der Waals surface area (Å²) in [6, 6.07) is 0. The first kappa shape index (κ1) is 18.6. The summed E-state index contributed by atoms with van der Waals surface area (Å²) < 4.78 is 21.6. The lowest BCUT2D eigenvalue weighted by atomic mass is 9.42. The number of rotatable bonds is 2. The highest BCUT2D eigenvalue weighted by molar-refractivity contribution is 5.37. The second kappa shape index (κ2) is 5.58. The first-order chi connectivity index (χ1) is 12.7. The average molecular weight is 379 g/mol. The molecule has 5 aliphatic rings. The van der Waals surface area contributed by atoms with Crippen LogP contribution in [0.1, 0.15) is 59.3 Å². The zero-order valence-corrected chi connectivity index (χ0v) is 17.0. The highest BCUT2D eigenvalue weighted by Gasteiger charge is 2.78. The third kappa shape index (κ3) is 1.98. The molecule has 1 spiro atoms. The molecule has 0 aromatic heterocycles. The number of hydrogen-bond donors (Lipinski definition) is 2. The van der Waals surface area contributed by atoms with Gasteiger partial charge in [-0.15, -0.1) is 0 Å². The fraction of sp³-hybridized carbons (Fsp3) is 0.913. The Hall–Kier alpha value is -0.450. The van der Waals surface area contributed by atoms with Crippen LogP contribution in [0.4, 0.5) is 4.39 Å². The first-order valence-corrected chi connectivity index (χ1v) is 11.0. The fourth-order valence-corrected chi connectivity index (χ4v) is 8.80. The van der Waals surface area contributed by atoms with Crippen LogP contribution in [0.3, 0.4) is 0 Å². The molecule has 5 fully saturated rings. The molecule has 152 valence electrons. The van der Waals surface area contributed by atoms with Crippen molar-refractivity contribution in [2.45, 2.75) is 83.3 Å². The van der Waals surface area contributed by atoms with Crippen molar-refractivity contribution in [3.8, 4) is 0 Å². The Kier molecular flexibility index (Phi) is 3.84. The van der Waals surface area contributed by atoms with Gasteiger partial charge in [0.05, 0.1) is 12.7 Å². The van der Waals surface area contributed by atoms with Gasteiger partial charge in [-0.3, -0.25) is 0 Å². The Labute approximate surface area is 162 Å². The molecule has 3 nitrogen and oxygen atoms in total. The summed E-state index contributed by atoms with van der Waals surface area (Å²) in [5, 5.41) is 19.9. The third-order valence-electron chi connectivity index (χ3n) is 10.3. The lowest BCUT2D eigenvalue weighted by Gasteiger charge is -2.61. The van der Waals surface area contributed by atoms with E-state index in [0.717, 1.165) is 19.3 Å². The van der Waals surface area contributed by atoms with Crippen LogP contribution < -0.4 is 0 Å². The molecule has 4 heteroatoms. The number of ether oxygens (including phenoxy) is 1. The summed E-state index contributed by atoms with van der Waals surface area (Å²) in [6.45, 7) is 11.2. The summed E-state index contributed by atoms with van der Waals surface area (Å²) in [6.07, 6.45) is 4.23. The van der Waals surface area contributed by atoms with Crippen molar-refractivity contribution in [2.75, 3.05) is 6.61 Å². The van der Waals surface area contributed by atoms with Crippen LogP contribution in [-0.2, 0) is 4.74 Å². The predicted octanol–water partition coefficient (Wildman–Crippen LogP) is 3.88. The monoisotopic (exact) mass is 378 g/mol. The van der Waals surface area contributed by atoms with Gasteiger partial charge in [-0.1, -0.05) is 33.8 Å². The normalized spacial score (nSPS) is 60.1. The molecule has 0 aromatic carbocycles. The van der Waals surface area contributed by atoms with Gasteiger partial charge in [0.15, 0.2) is 0 Å². The third-order valence-corrected chi connectivity index (χ3v) is 10.3. The number of hydrogen-bond acceptors (Lipinski definition) is 3. The fourth-order valence-electron chi connectivity index (χ4n) is 8.80. The van der Waals surface area contributed by atoms with Crippen LogP contribution in [0.25, 0.3) is 0 Å². The van der Waals surface area contributed by atoms with E-state index in [1.54, 1.807) is 0 Å². The maximum atomic E-state index is 15.1. The van der Waals surface area contributed by atoms with Crippen molar-refractivity contribution < 1.29 is 19.3 Å². The first-order valence-electron chi connectivity index (χ1n) is 11.0. The van der Waals surface area contributed by atoms with E-state index in [2.05, 4.69) is 27.4 Å². The van der Waals surface area contributed by atoms with Gasteiger partial charge in [-0.25, -0.2) is 4.39 Å². The van der Waals surface area contributed by atoms with E-state index in [4.69, 9.17) is 4.74 Å². The molecule has 0 aromatic rings. The Morgan fingerprint density at radius 1 is 1.26 bits per heavy atom. The second-order valence-corrected chi connectivity index (χ2v) is 10.8. The molecule has 4 aliphatic carbocycles. The van der Waals surface area contributed by atoms with Gasteiger partial charge in [-0.05, 0) is 66.8 Å². The Bertz CT molecular complexity index is 666. The molecule has 11 atom stereocenters. The second-order valence-electron chi connectivity index (χ2n) is 10.8. The molecule has 4 saturated carbocycles. The molecule has 1 saturated heterocycles. The minimum Gasteiger partial charge on any atom is -0.394 e. The van der Waals surface area contributed by atoms with E-state index in [-0.39, 0.29) is 41.0 Å². The molecule has 27 heavy (non-hydrogen) atoms. The van der Waals surface area contributed by atoms with Gasteiger partial charge in [0.1, 0.15) is 17.9 Å². The SMILES string of the molecule is C=C1C2OC23CCCC(C)[C@]3(C)[C@@H]2CC[C@]3(C)C(C(O)CO)C(F)C[C@H]3[C@H]12. The van der Waals surface area contributed by atoms with E-state index >= 15 is 4.39 Å². The minimum absolute atomic E-state index is 0.0195. The van der Waals surface area contributed by atoms with E-state index in [1.807, 2.05) is 0 Å². The van der Waals surface area contributed by atoms with Crippen LogP contribution >= 0.6 is 0 Å². The van der Waals surface area contributed by atoms with Crippen LogP contribution in [0, 0.1) is 40.4 Å². The Morgan fingerprint density at radius 3 is 2.70 bits per heavy atom. The van der Waals surface area contributed by atoms with Crippen molar-refractivity contribution in [1.29, 1.82) is 0 Å². The van der Waals surface area contributed by atoms with Crippen molar-refractivity contribution in [2.24, 2.45) is 40.4 Å². The Morgan fingerprint density at radius 2 is 2.00 bits per heavy atom. The quantitative estimate of drug-likeness (QED) is 0.566. The maximum Gasteiger partial charge on any atom is 0.109 e. The molecule has 5 rings (SSSR count). The highest BCUT2D eigenvalue weighted by atomic mass is 19.1. The van der Waals surface area contributed by atoms with Crippen LogP contribution in [0.2, 0.25) is 0 Å². The number of aliphatic hydroxyl groups is 2. The molecular formula is C23H35FO3. The molecular weight excluding hydrogens is 343 g/mol.